The molecule has 0 bridgehead atoms. The van der Waals surface area contributed by atoms with E-state index in [1.54, 1.807) is 11.3 Å². The zero-order valence-electron chi connectivity index (χ0n) is 11.2. The second-order valence-electron chi connectivity index (χ2n) is 4.49. The second kappa shape index (κ2) is 6.37. The van der Waals surface area contributed by atoms with Gasteiger partial charge in [0.15, 0.2) is 17.5 Å². The van der Waals surface area contributed by atoms with Gasteiger partial charge in [0.05, 0.1) is 6.04 Å². The maximum Gasteiger partial charge on any atom is 0.194 e. The van der Waals surface area contributed by atoms with Gasteiger partial charge < -0.3 is 5.32 Å². The van der Waals surface area contributed by atoms with E-state index < -0.39 is 17.5 Å². The second-order valence-corrected chi connectivity index (χ2v) is 5.64. The van der Waals surface area contributed by atoms with E-state index in [-0.39, 0.29) is 12.6 Å². The molecule has 2 nitrogen and oxygen atoms in total. The van der Waals surface area contributed by atoms with Crippen LogP contribution in [0, 0.1) is 17.5 Å². The predicted octanol–water partition coefficient (Wildman–Crippen LogP) is 3.97. The zero-order chi connectivity index (χ0) is 14.7. The maximum absolute atomic E-state index is 13.1. The van der Waals surface area contributed by atoms with Crippen LogP contribution >= 0.6 is 11.3 Å². The standard InChI is InChI=1S/C14H15F3N2S/c1-3-10-7-19-14(20-10)8(2)18-6-9-4-11(15)13(17)12(16)5-9/h4-5,7-8,18H,3,6H2,1-2H3. The summed E-state index contributed by atoms with van der Waals surface area (Å²) in [6, 6.07) is 1.96. The lowest BCUT2D eigenvalue weighted by Crippen LogP contribution is -2.18. The lowest BCUT2D eigenvalue weighted by molar-refractivity contribution is 0.443. The molecule has 0 spiro atoms. The minimum Gasteiger partial charge on any atom is -0.304 e. The highest BCUT2D eigenvalue weighted by Gasteiger charge is 2.13. The van der Waals surface area contributed by atoms with Gasteiger partial charge in [0.1, 0.15) is 5.01 Å². The highest BCUT2D eigenvalue weighted by Crippen LogP contribution is 2.21. The summed E-state index contributed by atoms with van der Waals surface area (Å²) in [7, 11) is 0. The number of thiazole rings is 1. The van der Waals surface area contributed by atoms with Gasteiger partial charge in [-0.3, -0.25) is 0 Å². The molecule has 1 aromatic heterocycles. The van der Waals surface area contributed by atoms with Crippen molar-refractivity contribution in [1.29, 1.82) is 0 Å². The van der Waals surface area contributed by atoms with Crippen LogP contribution in [0.3, 0.4) is 0 Å². The summed E-state index contributed by atoms with van der Waals surface area (Å²) in [6.07, 6.45) is 2.76. The summed E-state index contributed by atoms with van der Waals surface area (Å²) in [5.41, 5.74) is 0.362. The van der Waals surface area contributed by atoms with E-state index in [0.717, 1.165) is 23.6 Å². The lowest BCUT2D eigenvalue weighted by atomic mass is 10.2. The van der Waals surface area contributed by atoms with Crippen LogP contribution in [0.5, 0.6) is 0 Å². The number of nitrogens with one attached hydrogen (secondary N) is 1. The fraction of sp³-hybridized carbons (Fsp3) is 0.357. The van der Waals surface area contributed by atoms with E-state index in [2.05, 4.69) is 17.2 Å². The van der Waals surface area contributed by atoms with Gasteiger partial charge in [-0.2, -0.15) is 0 Å². The number of hydrogen-bond donors (Lipinski definition) is 1. The van der Waals surface area contributed by atoms with Crippen LogP contribution in [0.2, 0.25) is 0 Å². The summed E-state index contributed by atoms with van der Waals surface area (Å²) in [5.74, 6) is -3.77. The topological polar surface area (TPSA) is 24.9 Å². The molecular formula is C14H15F3N2S. The monoisotopic (exact) mass is 300 g/mol. The molecule has 0 radical (unpaired) electrons. The van der Waals surface area contributed by atoms with Gasteiger partial charge in [0.2, 0.25) is 0 Å². The fourth-order valence-electron chi connectivity index (χ4n) is 1.75. The molecule has 0 aliphatic rings. The number of benzene rings is 1. The van der Waals surface area contributed by atoms with Crippen LogP contribution in [0.15, 0.2) is 18.3 Å². The summed E-state index contributed by atoms with van der Waals surface area (Å²) >= 11 is 1.60. The quantitative estimate of drug-likeness (QED) is 0.845. The third-order valence-corrected chi connectivity index (χ3v) is 4.27. The first-order valence-electron chi connectivity index (χ1n) is 6.32. The maximum atomic E-state index is 13.1. The smallest absolute Gasteiger partial charge is 0.194 e. The summed E-state index contributed by atoms with van der Waals surface area (Å²) in [4.78, 5) is 5.48. The predicted molar refractivity (Wildman–Crippen MR) is 73.1 cm³/mol. The minimum atomic E-state index is -1.44. The lowest BCUT2D eigenvalue weighted by Gasteiger charge is -2.11. The van der Waals surface area contributed by atoms with E-state index in [9.17, 15) is 13.2 Å². The highest BCUT2D eigenvalue weighted by molar-refractivity contribution is 7.11. The van der Waals surface area contributed by atoms with Gasteiger partial charge in [-0.25, -0.2) is 18.2 Å². The van der Waals surface area contributed by atoms with Crippen LogP contribution in [-0.2, 0) is 13.0 Å². The van der Waals surface area contributed by atoms with Crippen molar-refractivity contribution < 1.29 is 13.2 Å². The van der Waals surface area contributed by atoms with Crippen molar-refractivity contribution in [3.05, 3.63) is 51.2 Å². The van der Waals surface area contributed by atoms with E-state index >= 15 is 0 Å². The molecule has 0 fully saturated rings. The Kier molecular flexibility index (Phi) is 4.77. The van der Waals surface area contributed by atoms with Gasteiger partial charge in [0.25, 0.3) is 0 Å². The van der Waals surface area contributed by atoms with Crippen molar-refractivity contribution in [2.45, 2.75) is 32.9 Å². The summed E-state index contributed by atoms with van der Waals surface area (Å²) < 4.78 is 39.0. The normalized spacial score (nSPS) is 12.7. The Bertz CT molecular complexity index is 575. The molecule has 2 rings (SSSR count). The largest absolute Gasteiger partial charge is 0.304 e. The molecular weight excluding hydrogens is 285 g/mol. The van der Waals surface area contributed by atoms with E-state index in [1.807, 2.05) is 13.1 Å². The van der Waals surface area contributed by atoms with Crippen LogP contribution in [0.4, 0.5) is 13.2 Å². The first-order chi connectivity index (χ1) is 9.51. The zero-order valence-corrected chi connectivity index (χ0v) is 12.0. The van der Waals surface area contributed by atoms with Crippen molar-refractivity contribution in [2.24, 2.45) is 0 Å². The van der Waals surface area contributed by atoms with Gasteiger partial charge >= 0.3 is 0 Å². The van der Waals surface area contributed by atoms with Crippen molar-refractivity contribution in [3.8, 4) is 0 Å². The average Bonchev–Trinajstić information content (AvgIpc) is 2.91. The molecule has 20 heavy (non-hydrogen) atoms. The molecule has 108 valence electrons. The van der Waals surface area contributed by atoms with Crippen LogP contribution in [-0.4, -0.2) is 4.98 Å². The number of nitrogens with zero attached hydrogens (tertiary/aromatic N) is 1. The molecule has 0 saturated carbocycles. The van der Waals surface area contributed by atoms with Gasteiger partial charge in [-0.05, 0) is 31.0 Å². The Labute approximate surface area is 119 Å². The Hall–Kier alpha value is -1.40. The van der Waals surface area contributed by atoms with Gasteiger partial charge in [-0.15, -0.1) is 11.3 Å². The van der Waals surface area contributed by atoms with Gasteiger partial charge in [0, 0.05) is 17.6 Å². The number of aryl methyl sites for hydroxylation is 1. The van der Waals surface area contributed by atoms with Gasteiger partial charge in [-0.1, -0.05) is 6.92 Å². The third kappa shape index (κ3) is 3.37. The molecule has 1 heterocycles. The Balaban J connectivity index is 2.01. The molecule has 0 aliphatic carbocycles. The Morgan fingerprint density at radius 3 is 2.45 bits per heavy atom. The molecule has 0 amide bonds. The third-order valence-electron chi connectivity index (χ3n) is 2.95. The first kappa shape index (κ1) is 15.0. The molecule has 1 atom stereocenters. The first-order valence-corrected chi connectivity index (χ1v) is 7.14. The Morgan fingerprint density at radius 2 is 1.90 bits per heavy atom. The van der Waals surface area contributed by atoms with E-state index in [4.69, 9.17) is 0 Å². The fourth-order valence-corrected chi connectivity index (χ4v) is 2.64. The van der Waals surface area contributed by atoms with Crippen molar-refractivity contribution >= 4 is 11.3 Å². The molecule has 1 aromatic carbocycles. The Morgan fingerprint density at radius 1 is 1.25 bits per heavy atom. The van der Waals surface area contributed by atoms with Crippen molar-refractivity contribution in [3.63, 3.8) is 0 Å². The molecule has 0 aliphatic heterocycles. The highest BCUT2D eigenvalue weighted by atomic mass is 32.1. The summed E-state index contributed by atoms with van der Waals surface area (Å²) in [6.45, 7) is 4.23. The number of halogens is 3. The van der Waals surface area contributed by atoms with Crippen LogP contribution in [0.25, 0.3) is 0 Å². The number of rotatable bonds is 5. The molecule has 6 heteroatoms. The SMILES string of the molecule is CCc1cnc(C(C)NCc2cc(F)c(F)c(F)c2)s1. The van der Waals surface area contributed by atoms with Crippen LogP contribution in [0.1, 0.15) is 35.3 Å². The van der Waals surface area contributed by atoms with Crippen molar-refractivity contribution in [2.75, 3.05) is 0 Å². The molecule has 2 aromatic rings. The number of aromatic nitrogens is 1. The summed E-state index contributed by atoms with van der Waals surface area (Å²) in [5, 5.41) is 4.04. The van der Waals surface area contributed by atoms with Crippen molar-refractivity contribution in [1.82, 2.24) is 10.3 Å². The van der Waals surface area contributed by atoms with E-state index in [0.29, 0.717) is 5.56 Å². The minimum absolute atomic E-state index is 0.0310. The van der Waals surface area contributed by atoms with Crippen LogP contribution < -0.4 is 5.32 Å². The van der Waals surface area contributed by atoms with E-state index in [1.165, 1.54) is 4.88 Å². The molecule has 1 unspecified atom stereocenters. The molecule has 1 N–H and O–H groups in total. The molecule has 0 saturated heterocycles. The average molecular weight is 300 g/mol. The number of hydrogen-bond acceptors (Lipinski definition) is 3.